The molecule has 1 aromatic carbocycles. The van der Waals surface area contributed by atoms with E-state index in [1.54, 1.807) is 13.2 Å². The molecule has 0 bridgehead atoms. The predicted molar refractivity (Wildman–Crippen MR) is 87.6 cm³/mol. The number of nitrogens with one attached hydrogen (secondary N) is 1. The number of aliphatic hydroxyl groups excluding tert-OH is 1. The zero-order chi connectivity index (χ0) is 15.9. The summed E-state index contributed by atoms with van der Waals surface area (Å²) in [4.78, 5) is 12.1. The summed E-state index contributed by atoms with van der Waals surface area (Å²) >= 11 is 0. The monoisotopic (exact) mass is 303 g/mol. The molecule has 1 saturated carbocycles. The second-order valence-electron chi connectivity index (χ2n) is 5.96. The molecule has 2 rings (SSSR count). The summed E-state index contributed by atoms with van der Waals surface area (Å²) in [6.07, 6.45) is 5.19. The Morgan fingerprint density at radius 1 is 1.41 bits per heavy atom. The SMILES string of the molecule is COc1ccccc1C(C)=CC(=O)NCC1CCCC(O)C1. The molecule has 1 aromatic rings. The molecule has 0 spiro atoms. The number of ether oxygens (including phenoxy) is 1. The van der Waals surface area contributed by atoms with Crippen molar-refractivity contribution >= 4 is 11.5 Å². The average molecular weight is 303 g/mol. The molecule has 1 fully saturated rings. The normalized spacial score (nSPS) is 22.2. The first-order chi connectivity index (χ1) is 10.6. The van der Waals surface area contributed by atoms with E-state index in [9.17, 15) is 9.90 Å². The summed E-state index contributed by atoms with van der Waals surface area (Å²) in [6.45, 7) is 2.54. The number of rotatable bonds is 5. The van der Waals surface area contributed by atoms with Gasteiger partial charge < -0.3 is 15.2 Å². The Bertz CT molecular complexity index is 539. The van der Waals surface area contributed by atoms with Gasteiger partial charge in [-0.05, 0) is 43.7 Å². The van der Waals surface area contributed by atoms with Crippen LogP contribution in [-0.2, 0) is 4.79 Å². The lowest BCUT2D eigenvalue weighted by Gasteiger charge is -2.25. The lowest BCUT2D eigenvalue weighted by Crippen LogP contribution is -2.32. The summed E-state index contributed by atoms with van der Waals surface area (Å²) in [5.74, 6) is 1.05. The van der Waals surface area contributed by atoms with Gasteiger partial charge in [-0.3, -0.25) is 4.79 Å². The minimum atomic E-state index is -0.207. The van der Waals surface area contributed by atoms with Crippen molar-refractivity contribution in [2.75, 3.05) is 13.7 Å². The van der Waals surface area contributed by atoms with Gasteiger partial charge in [-0.2, -0.15) is 0 Å². The Kier molecular flexibility index (Phi) is 6.01. The summed E-state index contributed by atoms with van der Waals surface area (Å²) < 4.78 is 5.31. The molecule has 0 saturated heterocycles. The number of aliphatic hydroxyl groups is 1. The van der Waals surface area contributed by atoms with E-state index in [0.29, 0.717) is 12.5 Å². The number of hydrogen-bond donors (Lipinski definition) is 2. The molecule has 2 unspecified atom stereocenters. The highest BCUT2D eigenvalue weighted by molar-refractivity contribution is 5.95. The lowest BCUT2D eigenvalue weighted by atomic mass is 9.87. The number of para-hydroxylation sites is 1. The van der Waals surface area contributed by atoms with Gasteiger partial charge in [0.2, 0.25) is 5.91 Å². The van der Waals surface area contributed by atoms with Crippen molar-refractivity contribution in [3.05, 3.63) is 35.9 Å². The number of carbonyl (C=O) groups is 1. The number of carbonyl (C=O) groups excluding carboxylic acids is 1. The zero-order valence-electron chi connectivity index (χ0n) is 13.3. The fourth-order valence-electron chi connectivity index (χ4n) is 2.99. The van der Waals surface area contributed by atoms with Gasteiger partial charge in [0.25, 0.3) is 0 Å². The molecule has 0 radical (unpaired) electrons. The molecule has 4 heteroatoms. The van der Waals surface area contributed by atoms with E-state index in [-0.39, 0.29) is 12.0 Å². The molecule has 0 heterocycles. The van der Waals surface area contributed by atoms with E-state index >= 15 is 0 Å². The summed E-state index contributed by atoms with van der Waals surface area (Å²) in [6, 6.07) is 7.66. The van der Waals surface area contributed by atoms with Crippen molar-refractivity contribution < 1.29 is 14.6 Å². The molecule has 1 amide bonds. The molecule has 22 heavy (non-hydrogen) atoms. The first-order valence-corrected chi connectivity index (χ1v) is 7.87. The van der Waals surface area contributed by atoms with Gasteiger partial charge in [-0.1, -0.05) is 24.6 Å². The van der Waals surface area contributed by atoms with Crippen molar-refractivity contribution in [2.24, 2.45) is 5.92 Å². The van der Waals surface area contributed by atoms with Crippen LogP contribution < -0.4 is 10.1 Å². The average Bonchev–Trinajstić information content (AvgIpc) is 2.53. The third-order valence-electron chi connectivity index (χ3n) is 4.20. The number of amides is 1. The molecule has 0 aliphatic heterocycles. The maximum Gasteiger partial charge on any atom is 0.244 e. The molecule has 1 aliphatic carbocycles. The highest BCUT2D eigenvalue weighted by Gasteiger charge is 2.20. The maximum absolute atomic E-state index is 12.1. The second-order valence-corrected chi connectivity index (χ2v) is 5.96. The van der Waals surface area contributed by atoms with E-state index in [4.69, 9.17) is 4.74 Å². The van der Waals surface area contributed by atoms with Gasteiger partial charge in [0.05, 0.1) is 13.2 Å². The Balaban J connectivity index is 1.92. The minimum absolute atomic E-state index is 0.0940. The van der Waals surface area contributed by atoms with Crippen molar-refractivity contribution in [3.8, 4) is 5.75 Å². The van der Waals surface area contributed by atoms with Crippen LogP contribution in [0.25, 0.3) is 5.57 Å². The van der Waals surface area contributed by atoms with Gasteiger partial charge >= 0.3 is 0 Å². The quantitative estimate of drug-likeness (QED) is 0.822. The first-order valence-electron chi connectivity index (χ1n) is 7.87. The van der Waals surface area contributed by atoms with Crippen LogP contribution in [0.3, 0.4) is 0 Å². The van der Waals surface area contributed by atoms with Crippen molar-refractivity contribution in [2.45, 2.75) is 38.7 Å². The van der Waals surface area contributed by atoms with Crippen molar-refractivity contribution in [3.63, 3.8) is 0 Å². The summed E-state index contributed by atoms with van der Waals surface area (Å²) in [5, 5.41) is 12.6. The molecule has 2 N–H and O–H groups in total. The molecule has 1 aliphatic rings. The highest BCUT2D eigenvalue weighted by Crippen LogP contribution is 2.25. The Morgan fingerprint density at radius 2 is 2.18 bits per heavy atom. The van der Waals surface area contributed by atoms with E-state index in [0.717, 1.165) is 42.6 Å². The molecule has 0 aromatic heterocycles. The van der Waals surface area contributed by atoms with Crippen LogP contribution >= 0.6 is 0 Å². The van der Waals surface area contributed by atoms with Crippen molar-refractivity contribution in [1.82, 2.24) is 5.32 Å². The third-order valence-corrected chi connectivity index (χ3v) is 4.20. The van der Waals surface area contributed by atoms with Crippen LogP contribution in [-0.4, -0.2) is 30.8 Å². The summed E-state index contributed by atoms with van der Waals surface area (Å²) in [5.41, 5.74) is 1.80. The van der Waals surface area contributed by atoms with Crippen LogP contribution in [0.2, 0.25) is 0 Å². The van der Waals surface area contributed by atoms with Crippen LogP contribution in [0.4, 0.5) is 0 Å². The largest absolute Gasteiger partial charge is 0.496 e. The van der Waals surface area contributed by atoms with E-state index in [2.05, 4.69) is 5.32 Å². The van der Waals surface area contributed by atoms with Crippen LogP contribution in [0, 0.1) is 5.92 Å². The van der Waals surface area contributed by atoms with Crippen LogP contribution in [0.1, 0.15) is 38.2 Å². The van der Waals surface area contributed by atoms with Crippen LogP contribution in [0.15, 0.2) is 30.3 Å². The second kappa shape index (κ2) is 7.99. The summed E-state index contributed by atoms with van der Waals surface area (Å²) in [7, 11) is 1.63. The molecule has 120 valence electrons. The number of hydrogen-bond acceptors (Lipinski definition) is 3. The van der Waals surface area contributed by atoms with Gasteiger partial charge in [-0.15, -0.1) is 0 Å². The molecule has 4 nitrogen and oxygen atoms in total. The van der Waals surface area contributed by atoms with Crippen molar-refractivity contribution in [1.29, 1.82) is 0 Å². The van der Waals surface area contributed by atoms with Gasteiger partial charge in [0.15, 0.2) is 0 Å². The van der Waals surface area contributed by atoms with E-state index in [1.807, 2.05) is 31.2 Å². The standard InChI is InChI=1S/C18H25NO3/c1-13(16-8-3-4-9-17(16)22-2)10-18(21)19-12-14-6-5-7-15(20)11-14/h3-4,8-10,14-15,20H,5-7,11-12H2,1-2H3,(H,19,21). The van der Waals surface area contributed by atoms with Gasteiger partial charge in [-0.25, -0.2) is 0 Å². The lowest BCUT2D eigenvalue weighted by molar-refractivity contribution is -0.116. The zero-order valence-corrected chi connectivity index (χ0v) is 13.3. The number of allylic oxidation sites excluding steroid dienone is 1. The fourth-order valence-corrected chi connectivity index (χ4v) is 2.99. The van der Waals surface area contributed by atoms with Crippen LogP contribution in [0.5, 0.6) is 5.75 Å². The Labute approximate surface area is 132 Å². The Morgan fingerprint density at radius 3 is 2.91 bits per heavy atom. The molecular formula is C18H25NO3. The van der Waals surface area contributed by atoms with Gasteiger partial charge in [0.1, 0.15) is 5.75 Å². The maximum atomic E-state index is 12.1. The molecular weight excluding hydrogens is 278 g/mol. The fraction of sp³-hybridized carbons (Fsp3) is 0.500. The van der Waals surface area contributed by atoms with Gasteiger partial charge in [0, 0.05) is 18.2 Å². The first kappa shape index (κ1) is 16.6. The third kappa shape index (κ3) is 4.60. The minimum Gasteiger partial charge on any atom is -0.496 e. The Hall–Kier alpha value is -1.81. The molecule has 2 atom stereocenters. The predicted octanol–water partition coefficient (Wildman–Crippen LogP) is 2.77. The highest BCUT2D eigenvalue weighted by atomic mass is 16.5. The number of benzene rings is 1. The van der Waals surface area contributed by atoms with E-state index < -0.39 is 0 Å². The van der Waals surface area contributed by atoms with E-state index in [1.165, 1.54) is 0 Å². The topological polar surface area (TPSA) is 58.6 Å². The number of methoxy groups -OCH3 is 1. The smallest absolute Gasteiger partial charge is 0.244 e.